The van der Waals surface area contributed by atoms with Crippen LogP contribution in [0.5, 0.6) is 5.75 Å². The van der Waals surface area contributed by atoms with E-state index >= 15 is 0 Å². The molecular formula is C21H21N5O. The van der Waals surface area contributed by atoms with Gasteiger partial charge in [0.15, 0.2) is 0 Å². The predicted molar refractivity (Wildman–Crippen MR) is 106 cm³/mol. The summed E-state index contributed by atoms with van der Waals surface area (Å²) in [6, 6.07) is 19.3. The van der Waals surface area contributed by atoms with Gasteiger partial charge in [-0.2, -0.15) is 10.2 Å². The average molecular weight is 359 g/mol. The number of nitriles is 1. The third-order valence-corrected chi connectivity index (χ3v) is 3.98. The fraction of sp³-hybridized carbons (Fsp3) is 0.190. The zero-order valence-corrected chi connectivity index (χ0v) is 15.4. The summed E-state index contributed by atoms with van der Waals surface area (Å²) < 4.78 is 5.18. The van der Waals surface area contributed by atoms with Crippen molar-refractivity contribution in [2.45, 2.75) is 13.3 Å². The molecule has 0 aliphatic rings. The summed E-state index contributed by atoms with van der Waals surface area (Å²) >= 11 is 0. The highest BCUT2D eigenvalue weighted by Gasteiger charge is 2.04. The van der Waals surface area contributed by atoms with Gasteiger partial charge in [-0.15, -0.1) is 0 Å². The van der Waals surface area contributed by atoms with Crippen LogP contribution in [0.4, 0.5) is 17.5 Å². The largest absolute Gasteiger partial charge is 0.497 e. The Hall–Kier alpha value is -3.59. The first-order valence-electron chi connectivity index (χ1n) is 8.66. The van der Waals surface area contributed by atoms with Gasteiger partial charge in [0, 0.05) is 24.0 Å². The van der Waals surface area contributed by atoms with Crippen LogP contribution in [0.1, 0.15) is 16.8 Å². The molecule has 2 aromatic carbocycles. The van der Waals surface area contributed by atoms with Crippen LogP contribution in [0, 0.1) is 18.3 Å². The highest BCUT2D eigenvalue weighted by molar-refractivity contribution is 5.57. The number of nitrogens with one attached hydrogen (secondary N) is 2. The molecular weight excluding hydrogens is 338 g/mol. The lowest BCUT2D eigenvalue weighted by Crippen LogP contribution is -2.08. The average Bonchev–Trinajstić information content (AvgIpc) is 2.68. The number of hydrogen-bond donors (Lipinski definition) is 2. The van der Waals surface area contributed by atoms with E-state index in [0.29, 0.717) is 11.5 Å². The van der Waals surface area contributed by atoms with Gasteiger partial charge in [-0.1, -0.05) is 18.2 Å². The smallest absolute Gasteiger partial charge is 0.229 e. The molecule has 27 heavy (non-hydrogen) atoms. The van der Waals surface area contributed by atoms with Gasteiger partial charge in [-0.25, -0.2) is 4.98 Å². The van der Waals surface area contributed by atoms with Crippen LogP contribution in [-0.2, 0) is 6.42 Å². The number of hydrogen-bond acceptors (Lipinski definition) is 6. The molecule has 0 saturated carbocycles. The molecule has 0 bridgehead atoms. The molecule has 0 spiro atoms. The molecule has 0 unspecified atom stereocenters. The van der Waals surface area contributed by atoms with Crippen molar-refractivity contribution in [3.05, 3.63) is 71.4 Å². The molecule has 0 fully saturated rings. The third kappa shape index (κ3) is 5.19. The Balaban J connectivity index is 1.63. The number of aromatic nitrogens is 2. The van der Waals surface area contributed by atoms with Crippen molar-refractivity contribution < 1.29 is 4.74 Å². The summed E-state index contributed by atoms with van der Waals surface area (Å²) in [4.78, 5) is 8.92. The van der Waals surface area contributed by atoms with E-state index < -0.39 is 0 Å². The minimum atomic E-state index is 0.497. The van der Waals surface area contributed by atoms with Crippen LogP contribution in [0.25, 0.3) is 0 Å². The molecule has 1 heterocycles. The van der Waals surface area contributed by atoms with Crippen molar-refractivity contribution in [2.24, 2.45) is 0 Å². The highest BCUT2D eigenvalue weighted by Crippen LogP contribution is 2.17. The molecule has 2 N–H and O–H groups in total. The summed E-state index contributed by atoms with van der Waals surface area (Å²) in [7, 11) is 1.66. The zero-order chi connectivity index (χ0) is 19.1. The molecule has 1 aromatic heterocycles. The van der Waals surface area contributed by atoms with Crippen molar-refractivity contribution in [3.63, 3.8) is 0 Å². The minimum absolute atomic E-state index is 0.497. The van der Waals surface area contributed by atoms with E-state index in [0.717, 1.165) is 35.9 Å². The normalized spacial score (nSPS) is 10.1. The second kappa shape index (κ2) is 8.68. The van der Waals surface area contributed by atoms with Crippen molar-refractivity contribution >= 4 is 17.5 Å². The van der Waals surface area contributed by atoms with Gasteiger partial charge in [0.2, 0.25) is 5.95 Å². The van der Waals surface area contributed by atoms with Gasteiger partial charge < -0.3 is 15.4 Å². The van der Waals surface area contributed by atoms with E-state index in [1.165, 1.54) is 5.56 Å². The number of nitrogens with zero attached hydrogens (tertiary/aromatic N) is 3. The lowest BCUT2D eigenvalue weighted by atomic mass is 10.1. The lowest BCUT2D eigenvalue weighted by Gasteiger charge is -2.10. The molecule has 0 aliphatic heterocycles. The molecule has 6 heteroatoms. The quantitative estimate of drug-likeness (QED) is 0.662. The second-order valence-corrected chi connectivity index (χ2v) is 6.06. The maximum absolute atomic E-state index is 9.01. The van der Waals surface area contributed by atoms with Crippen molar-refractivity contribution in [3.8, 4) is 11.8 Å². The van der Waals surface area contributed by atoms with Gasteiger partial charge in [-0.05, 0) is 49.2 Å². The van der Waals surface area contributed by atoms with Crippen molar-refractivity contribution in [1.29, 1.82) is 5.26 Å². The molecule has 3 rings (SSSR count). The Labute approximate surface area is 158 Å². The summed E-state index contributed by atoms with van der Waals surface area (Å²) in [6.45, 7) is 2.68. The highest BCUT2D eigenvalue weighted by atomic mass is 16.5. The Kier molecular flexibility index (Phi) is 5.85. The monoisotopic (exact) mass is 359 g/mol. The number of benzene rings is 2. The van der Waals surface area contributed by atoms with Crippen LogP contribution >= 0.6 is 0 Å². The molecule has 0 aliphatic carbocycles. The molecule has 136 valence electrons. The Bertz CT molecular complexity index is 948. The third-order valence-electron chi connectivity index (χ3n) is 3.98. The van der Waals surface area contributed by atoms with Gasteiger partial charge >= 0.3 is 0 Å². The van der Waals surface area contributed by atoms with Gasteiger partial charge in [0.05, 0.1) is 18.7 Å². The van der Waals surface area contributed by atoms with Crippen LogP contribution in [0.3, 0.4) is 0 Å². The molecule has 0 amide bonds. The van der Waals surface area contributed by atoms with Crippen LogP contribution in [0.15, 0.2) is 54.6 Å². The second-order valence-electron chi connectivity index (χ2n) is 6.06. The summed E-state index contributed by atoms with van der Waals surface area (Å²) in [6.07, 6.45) is 0.875. The first-order valence-corrected chi connectivity index (χ1v) is 8.66. The van der Waals surface area contributed by atoms with E-state index in [2.05, 4.69) is 38.8 Å². The van der Waals surface area contributed by atoms with Gasteiger partial charge in [0.1, 0.15) is 11.6 Å². The molecule has 0 atom stereocenters. The first-order chi connectivity index (χ1) is 13.2. The Morgan fingerprint density at radius 2 is 1.89 bits per heavy atom. The first kappa shape index (κ1) is 18.2. The number of ether oxygens (including phenoxy) is 1. The maximum Gasteiger partial charge on any atom is 0.229 e. The van der Waals surface area contributed by atoms with E-state index in [9.17, 15) is 0 Å². The van der Waals surface area contributed by atoms with Gasteiger partial charge in [-0.3, -0.25) is 0 Å². The van der Waals surface area contributed by atoms with Crippen molar-refractivity contribution in [2.75, 3.05) is 24.3 Å². The Morgan fingerprint density at radius 3 is 2.63 bits per heavy atom. The van der Waals surface area contributed by atoms with Crippen molar-refractivity contribution in [1.82, 2.24) is 9.97 Å². The number of rotatable bonds is 7. The summed E-state index contributed by atoms with van der Waals surface area (Å²) in [5.41, 5.74) is 3.45. The maximum atomic E-state index is 9.01. The summed E-state index contributed by atoms with van der Waals surface area (Å²) in [5.74, 6) is 2.11. The lowest BCUT2D eigenvalue weighted by molar-refractivity contribution is 0.414. The number of aryl methyl sites for hydroxylation is 1. The van der Waals surface area contributed by atoms with Crippen LogP contribution in [-0.4, -0.2) is 23.6 Å². The SMILES string of the molecule is COc1ccc(CCNc2cc(C)nc(Nc3cccc(C#N)c3)n2)cc1. The zero-order valence-electron chi connectivity index (χ0n) is 15.4. The standard InChI is InChI=1S/C21H21N5O/c1-15-12-20(23-11-10-16-6-8-19(27-2)9-7-16)26-21(24-15)25-18-5-3-4-17(13-18)14-22/h3-9,12-13H,10-11H2,1-2H3,(H2,23,24,25,26). The van der Waals surface area contributed by atoms with Crippen LogP contribution < -0.4 is 15.4 Å². The fourth-order valence-electron chi connectivity index (χ4n) is 2.64. The molecule has 3 aromatic rings. The topological polar surface area (TPSA) is 82.9 Å². The molecule has 0 radical (unpaired) electrons. The number of anilines is 3. The number of methoxy groups -OCH3 is 1. The predicted octanol–water partition coefficient (Wildman–Crippen LogP) is 4.06. The Morgan fingerprint density at radius 1 is 1.07 bits per heavy atom. The minimum Gasteiger partial charge on any atom is -0.497 e. The molecule has 0 saturated heterocycles. The van der Waals surface area contributed by atoms with E-state index in [1.807, 2.05) is 37.3 Å². The summed E-state index contributed by atoms with van der Waals surface area (Å²) in [5, 5.41) is 15.5. The van der Waals surface area contributed by atoms with Gasteiger partial charge in [0.25, 0.3) is 0 Å². The fourth-order valence-corrected chi connectivity index (χ4v) is 2.64. The van der Waals surface area contributed by atoms with E-state index in [4.69, 9.17) is 10.00 Å². The molecule has 6 nitrogen and oxygen atoms in total. The van der Waals surface area contributed by atoms with E-state index in [1.54, 1.807) is 19.2 Å². The van der Waals surface area contributed by atoms with Crippen LogP contribution in [0.2, 0.25) is 0 Å². The van der Waals surface area contributed by atoms with E-state index in [-0.39, 0.29) is 0 Å².